The number of rotatable bonds is 5. The van der Waals surface area contributed by atoms with Gasteiger partial charge >= 0.3 is 0 Å². The van der Waals surface area contributed by atoms with Crippen molar-refractivity contribution in [1.29, 1.82) is 0 Å². The Kier molecular flexibility index (Phi) is 4.27. The molecule has 0 saturated carbocycles. The molecule has 102 valence electrons. The third-order valence-corrected chi connectivity index (χ3v) is 3.12. The Hall–Kier alpha value is -1.75. The highest BCUT2D eigenvalue weighted by molar-refractivity contribution is 5.17. The van der Waals surface area contributed by atoms with Crippen LogP contribution in [-0.4, -0.2) is 20.8 Å². The smallest absolute Gasteiger partial charge is 0.149 e. The first-order valence-corrected chi connectivity index (χ1v) is 6.40. The Labute approximate surface area is 112 Å². The van der Waals surface area contributed by atoms with Crippen molar-refractivity contribution < 1.29 is 4.39 Å². The Morgan fingerprint density at radius 3 is 2.53 bits per heavy atom. The highest BCUT2D eigenvalue weighted by Gasteiger charge is 2.14. The predicted molar refractivity (Wildman–Crippen MR) is 72.1 cm³/mol. The molecule has 0 aliphatic carbocycles. The molecule has 0 aliphatic rings. The van der Waals surface area contributed by atoms with Crippen LogP contribution in [0.25, 0.3) is 0 Å². The van der Waals surface area contributed by atoms with Crippen molar-refractivity contribution in [1.82, 2.24) is 20.1 Å². The van der Waals surface area contributed by atoms with Gasteiger partial charge in [-0.15, -0.1) is 10.2 Å². The number of nitrogens with zero attached hydrogens (tertiary/aromatic N) is 3. The van der Waals surface area contributed by atoms with E-state index >= 15 is 0 Å². The predicted octanol–water partition coefficient (Wildman–Crippen LogP) is 2.24. The Morgan fingerprint density at radius 2 is 1.95 bits per heavy atom. The van der Waals surface area contributed by atoms with E-state index in [0.29, 0.717) is 0 Å². The zero-order chi connectivity index (χ0) is 13.8. The molecule has 0 bridgehead atoms. The largest absolute Gasteiger partial charge is 0.319 e. The number of halogens is 1. The number of aromatic nitrogens is 3. The van der Waals surface area contributed by atoms with Gasteiger partial charge in [-0.1, -0.05) is 12.1 Å². The van der Waals surface area contributed by atoms with Crippen LogP contribution in [0, 0.1) is 5.82 Å². The molecule has 5 heteroatoms. The van der Waals surface area contributed by atoms with Crippen LogP contribution in [0.15, 0.2) is 30.6 Å². The van der Waals surface area contributed by atoms with Crippen LogP contribution in [0.4, 0.5) is 4.39 Å². The minimum absolute atomic E-state index is 0.128. The van der Waals surface area contributed by atoms with Gasteiger partial charge in [-0.3, -0.25) is 0 Å². The second-order valence-electron chi connectivity index (χ2n) is 4.92. The van der Waals surface area contributed by atoms with Crippen LogP contribution in [0.3, 0.4) is 0 Å². The quantitative estimate of drug-likeness (QED) is 0.898. The number of hydrogen-bond acceptors (Lipinski definition) is 3. The molecule has 19 heavy (non-hydrogen) atoms. The SMILES string of the molecule is CC(Cc1ccc(F)cc1)NC(C)c1nncn1C. The summed E-state index contributed by atoms with van der Waals surface area (Å²) in [5.41, 5.74) is 1.12. The topological polar surface area (TPSA) is 42.7 Å². The molecule has 1 heterocycles. The number of aryl methyl sites for hydroxylation is 1. The molecule has 2 rings (SSSR count). The van der Waals surface area contributed by atoms with E-state index < -0.39 is 0 Å². The molecule has 2 unspecified atom stereocenters. The maximum Gasteiger partial charge on any atom is 0.149 e. The van der Waals surface area contributed by atoms with Crippen LogP contribution < -0.4 is 5.32 Å². The molecule has 0 aliphatic heterocycles. The van der Waals surface area contributed by atoms with E-state index in [-0.39, 0.29) is 17.9 Å². The van der Waals surface area contributed by atoms with Gasteiger partial charge in [0.05, 0.1) is 6.04 Å². The zero-order valence-electron chi connectivity index (χ0n) is 11.5. The van der Waals surface area contributed by atoms with E-state index in [1.165, 1.54) is 12.1 Å². The van der Waals surface area contributed by atoms with E-state index in [4.69, 9.17) is 0 Å². The molecule has 2 atom stereocenters. The first kappa shape index (κ1) is 13.7. The fourth-order valence-electron chi connectivity index (χ4n) is 2.22. The normalized spacial score (nSPS) is 14.3. The fraction of sp³-hybridized carbons (Fsp3) is 0.429. The molecule has 1 N–H and O–H groups in total. The second-order valence-corrected chi connectivity index (χ2v) is 4.92. The van der Waals surface area contributed by atoms with Crippen LogP contribution in [0.5, 0.6) is 0 Å². The van der Waals surface area contributed by atoms with E-state index in [1.807, 2.05) is 23.7 Å². The van der Waals surface area contributed by atoms with Crippen molar-refractivity contribution >= 4 is 0 Å². The number of hydrogen-bond donors (Lipinski definition) is 1. The van der Waals surface area contributed by atoms with Crippen molar-refractivity contribution in [2.24, 2.45) is 7.05 Å². The summed E-state index contributed by atoms with van der Waals surface area (Å²) in [6.45, 7) is 4.17. The molecule has 0 spiro atoms. The van der Waals surface area contributed by atoms with Gasteiger partial charge in [0.2, 0.25) is 0 Å². The van der Waals surface area contributed by atoms with Gasteiger partial charge in [-0.05, 0) is 38.0 Å². The highest BCUT2D eigenvalue weighted by atomic mass is 19.1. The number of nitrogens with one attached hydrogen (secondary N) is 1. The lowest BCUT2D eigenvalue weighted by Crippen LogP contribution is -2.32. The Balaban J connectivity index is 1.92. The first-order chi connectivity index (χ1) is 9.06. The monoisotopic (exact) mass is 262 g/mol. The zero-order valence-corrected chi connectivity index (χ0v) is 11.5. The van der Waals surface area contributed by atoms with Crippen LogP contribution in [0.1, 0.15) is 31.3 Å². The van der Waals surface area contributed by atoms with Crippen molar-refractivity contribution in [3.63, 3.8) is 0 Å². The van der Waals surface area contributed by atoms with Gasteiger partial charge < -0.3 is 9.88 Å². The van der Waals surface area contributed by atoms with E-state index in [0.717, 1.165) is 17.8 Å². The van der Waals surface area contributed by atoms with Gasteiger partial charge in [0.1, 0.15) is 18.0 Å². The molecular weight excluding hydrogens is 243 g/mol. The summed E-state index contributed by atoms with van der Waals surface area (Å²) in [6.07, 6.45) is 2.54. The molecule has 0 saturated heterocycles. The summed E-state index contributed by atoms with van der Waals surface area (Å²) in [4.78, 5) is 0. The summed E-state index contributed by atoms with van der Waals surface area (Å²) < 4.78 is 14.7. The summed E-state index contributed by atoms with van der Waals surface area (Å²) >= 11 is 0. The summed E-state index contributed by atoms with van der Waals surface area (Å²) in [5, 5.41) is 11.4. The van der Waals surface area contributed by atoms with Crippen LogP contribution >= 0.6 is 0 Å². The molecule has 1 aromatic carbocycles. The van der Waals surface area contributed by atoms with Gasteiger partial charge in [-0.25, -0.2) is 4.39 Å². The van der Waals surface area contributed by atoms with E-state index in [9.17, 15) is 4.39 Å². The maximum atomic E-state index is 12.8. The molecule has 4 nitrogen and oxygen atoms in total. The molecule has 0 amide bonds. The minimum Gasteiger partial charge on any atom is -0.319 e. The van der Waals surface area contributed by atoms with Crippen LogP contribution in [-0.2, 0) is 13.5 Å². The van der Waals surface area contributed by atoms with Crippen molar-refractivity contribution in [3.8, 4) is 0 Å². The van der Waals surface area contributed by atoms with E-state index in [2.05, 4.69) is 29.4 Å². The molecular formula is C14H19FN4. The summed E-state index contributed by atoms with van der Waals surface area (Å²) in [5.74, 6) is 0.711. The maximum absolute atomic E-state index is 12.8. The minimum atomic E-state index is -0.197. The summed E-state index contributed by atoms with van der Waals surface area (Å²) in [6, 6.07) is 7.03. The Morgan fingerprint density at radius 1 is 1.26 bits per heavy atom. The van der Waals surface area contributed by atoms with Crippen molar-refractivity contribution in [2.75, 3.05) is 0 Å². The van der Waals surface area contributed by atoms with Crippen LogP contribution in [0.2, 0.25) is 0 Å². The lowest BCUT2D eigenvalue weighted by atomic mass is 10.1. The van der Waals surface area contributed by atoms with E-state index in [1.54, 1.807) is 6.33 Å². The average molecular weight is 262 g/mol. The van der Waals surface area contributed by atoms with Gasteiger partial charge in [0.15, 0.2) is 0 Å². The molecule has 2 aromatic rings. The van der Waals surface area contributed by atoms with Crippen molar-refractivity contribution in [2.45, 2.75) is 32.4 Å². The highest BCUT2D eigenvalue weighted by Crippen LogP contribution is 2.11. The second kappa shape index (κ2) is 5.93. The average Bonchev–Trinajstić information content (AvgIpc) is 2.78. The summed E-state index contributed by atoms with van der Waals surface area (Å²) in [7, 11) is 1.93. The molecule has 1 aromatic heterocycles. The molecule has 0 radical (unpaired) electrons. The first-order valence-electron chi connectivity index (χ1n) is 6.40. The molecule has 0 fully saturated rings. The standard InChI is InChI=1S/C14H19FN4/c1-10(8-12-4-6-13(15)7-5-12)17-11(2)14-18-16-9-19(14)3/h4-7,9-11,17H,8H2,1-3H3. The fourth-order valence-corrected chi connectivity index (χ4v) is 2.22. The van der Waals surface area contributed by atoms with Crippen molar-refractivity contribution in [3.05, 3.63) is 47.8 Å². The third-order valence-electron chi connectivity index (χ3n) is 3.12. The van der Waals surface area contributed by atoms with Gasteiger partial charge in [0, 0.05) is 13.1 Å². The third kappa shape index (κ3) is 3.61. The number of benzene rings is 1. The lowest BCUT2D eigenvalue weighted by Gasteiger charge is -2.19. The lowest BCUT2D eigenvalue weighted by molar-refractivity contribution is 0.452. The van der Waals surface area contributed by atoms with Gasteiger partial charge in [-0.2, -0.15) is 0 Å². The Bertz CT molecular complexity index is 520. The van der Waals surface area contributed by atoms with Gasteiger partial charge in [0.25, 0.3) is 0 Å².